The molecule has 1 aliphatic heterocycles. The largest absolute Gasteiger partial charge is 0.481 e. The summed E-state index contributed by atoms with van der Waals surface area (Å²) in [4.78, 5) is 10.8. The van der Waals surface area contributed by atoms with Gasteiger partial charge in [-0.05, 0) is 42.4 Å². The van der Waals surface area contributed by atoms with E-state index in [0.717, 1.165) is 16.7 Å². The molecule has 1 saturated carbocycles. The van der Waals surface area contributed by atoms with Gasteiger partial charge < -0.3 is 20.1 Å². The van der Waals surface area contributed by atoms with E-state index in [9.17, 15) is 15.0 Å². The predicted octanol–water partition coefficient (Wildman–Crippen LogP) is 3.15. The average Bonchev–Trinajstić information content (AvgIpc) is 3.19. The average molecular weight is 398 g/mol. The van der Waals surface area contributed by atoms with E-state index in [1.54, 1.807) is 13.0 Å². The van der Waals surface area contributed by atoms with Gasteiger partial charge in [0.25, 0.3) is 0 Å². The molecule has 0 amide bonds. The van der Waals surface area contributed by atoms with Crippen molar-refractivity contribution in [2.24, 2.45) is 11.8 Å². The highest BCUT2D eigenvalue weighted by atomic mass is 16.5. The Morgan fingerprint density at radius 3 is 2.97 bits per heavy atom. The van der Waals surface area contributed by atoms with Crippen molar-refractivity contribution in [2.75, 3.05) is 0 Å². The molecule has 3 aliphatic rings. The van der Waals surface area contributed by atoms with Crippen LogP contribution in [0, 0.1) is 23.7 Å². The second kappa shape index (κ2) is 9.58. The molecule has 5 nitrogen and oxygen atoms in total. The molecule has 2 aliphatic carbocycles. The number of hydrogen-bond acceptors (Lipinski definition) is 4. The molecule has 0 aromatic rings. The monoisotopic (exact) mass is 398 g/mol. The number of hydrogen-bond donors (Lipinski definition) is 3. The number of aliphatic hydroxyl groups excluding tert-OH is 2. The Balaban J connectivity index is 1.74. The van der Waals surface area contributed by atoms with E-state index in [0.29, 0.717) is 25.7 Å². The first-order valence-corrected chi connectivity index (χ1v) is 10.3. The molecule has 1 heterocycles. The minimum Gasteiger partial charge on any atom is -0.481 e. The van der Waals surface area contributed by atoms with E-state index in [4.69, 9.17) is 9.84 Å². The van der Waals surface area contributed by atoms with Crippen LogP contribution >= 0.6 is 0 Å². The number of ether oxygens (including phenoxy) is 1. The van der Waals surface area contributed by atoms with Crippen LogP contribution < -0.4 is 0 Å². The third-order valence-corrected chi connectivity index (χ3v) is 5.97. The maximum atomic E-state index is 10.8. The van der Waals surface area contributed by atoms with Crippen molar-refractivity contribution in [1.82, 2.24) is 0 Å². The third-order valence-electron chi connectivity index (χ3n) is 5.97. The molecule has 5 heteroatoms. The molecule has 0 aromatic carbocycles. The van der Waals surface area contributed by atoms with Gasteiger partial charge in [-0.3, -0.25) is 4.79 Å². The quantitative estimate of drug-likeness (QED) is 0.432. The Kier molecular flexibility index (Phi) is 7.13. The van der Waals surface area contributed by atoms with Crippen molar-refractivity contribution in [1.29, 1.82) is 0 Å². The molecule has 6 unspecified atom stereocenters. The topological polar surface area (TPSA) is 87.0 Å². The molecule has 3 N–H and O–H groups in total. The minimum atomic E-state index is -0.786. The smallest absolute Gasteiger partial charge is 0.303 e. The Bertz CT molecular complexity index is 807. The number of carbonyl (C=O) groups is 1. The Labute approximate surface area is 172 Å². The lowest BCUT2D eigenvalue weighted by molar-refractivity contribution is -0.137. The summed E-state index contributed by atoms with van der Waals surface area (Å²) in [6.45, 7) is 3.75. The molecule has 0 saturated heterocycles. The number of allylic oxidation sites excluding steroid dienone is 2. The zero-order valence-electron chi connectivity index (χ0n) is 17.0. The first-order valence-electron chi connectivity index (χ1n) is 10.3. The van der Waals surface area contributed by atoms with Crippen molar-refractivity contribution in [3.05, 3.63) is 47.1 Å². The molecule has 6 atom stereocenters. The van der Waals surface area contributed by atoms with Gasteiger partial charge in [0.2, 0.25) is 0 Å². The van der Waals surface area contributed by atoms with Crippen LogP contribution in [0.3, 0.4) is 0 Å². The fourth-order valence-corrected chi connectivity index (χ4v) is 4.34. The lowest BCUT2D eigenvalue weighted by Gasteiger charge is -2.22. The van der Waals surface area contributed by atoms with Crippen molar-refractivity contribution < 1.29 is 24.9 Å². The zero-order valence-corrected chi connectivity index (χ0v) is 17.0. The molecule has 0 radical (unpaired) electrons. The van der Waals surface area contributed by atoms with Gasteiger partial charge in [0.05, 0.1) is 18.3 Å². The van der Waals surface area contributed by atoms with E-state index < -0.39 is 18.2 Å². The number of fused-ring (bicyclic) bond motifs is 2. The first kappa shape index (κ1) is 21.6. The van der Waals surface area contributed by atoms with Gasteiger partial charge >= 0.3 is 5.97 Å². The van der Waals surface area contributed by atoms with E-state index in [1.807, 2.05) is 31.2 Å². The van der Waals surface area contributed by atoms with Crippen LogP contribution in [-0.2, 0) is 9.53 Å². The summed E-state index contributed by atoms with van der Waals surface area (Å²) in [7, 11) is 0. The second-order valence-electron chi connectivity index (χ2n) is 8.08. The van der Waals surface area contributed by atoms with Gasteiger partial charge in [0.15, 0.2) is 0 Å². The minimum absolute atomic E-state index is 0.0246. The molecular formula is C24H30O5. The van der Waals surface area contributed by atoms with E-state index in [-0.39, 0.29) is 30.5 Å². The van der Waals surface area contributed by atoms with Gasteiger partial charge in [-0.25, -0.2) is 0 Å². The summed E-state index contributed by atoms with van der Waals surface area (Å²) in [5, 5.41) is 29.8. The normalized spacial score (nSPS) is 29.9. The number of carboxylic acid groups (broad SMARTS) is 1. The highest BCUT2D eigenvalue weighted by molar-refractivity contribution is 5.66. The number of aliphatic carboxylic acids is 1. The summed E-state index contributed by atoms with van der Waals surface area (Å²) in [6.07, 6.45) is 10.9. The summed E-state index contributed by atoms with van der Waals surface area (Å²) < 4.78 is 6.25. The van der Waals surface area contributed by atoms with E-state index in [2.05, 4.69) is 11.8 Å². The maximum Gasteiger partial charge on any atom is 0.303 e. The van der Waals surface area contributed by atoms with Crippen LogP contribution in [-0.4, -0.2) is 45.7 Å². The highest BCUT2D eigenvalue weighted by Gasteiger charge is 2.46. The lowest BCUT2D eigenvalue weighted by atomic mass is 9.87. The molecule has 3 rings (SSSR count). The van der Waals surface area contributed by atoms with Gasteiger partial charge in [0, 0.05) is 25.2 Å². The standard InChI is InChI=1S/C24H30O5/c1-3-4-7-15(2)19(25)13-12-17-20(26)14-21-23(17)18-10-5-8-16(24(18)29-21)9-6-11-22(27)28/h5,8,10,12-13,15,17,19-21,24-26H,6-7,9,11,14H2,1-2H3,(H,27,28). The number of aliphatic hydroxyl groups is 2. The Hall–Kier alpha value is -2.13. The van der Waals surface area contributed by atoms with Crippen molar-refractivity contribution in [3.8, 4) is 11.8 Å². The SMILES string of the molecule is CC#CCC(C)C(O)C=CC1C2=C3C=CC=C(CCCC(=O)O)C3OC2CC1O. The Morgan fingerprint density at radius 2 is 2.24 bits per heavy atom. The van der Waals surface area contributed by atoms with E-state index in [1.165, 1.54) is 0 Å². The zero-order chi connectivity index (χ0) is 21.0. The number of rotatable bonds is 8. The predicted molar refractivity (Wildman–Crippen MR) is 111 cm³/mol. The lowest BCUT2D eigenvalue weighted by Crippen LogP contribution is -2.21. The van der Waals surface area contributed by atoms with Crippen LogP contribution in [0.1, 0.15) is 46.0 Å². The molecule has 156 valence electrons. The molecular weight excluding hydrogens is 368 g/mol. The second-order valence-corrected chi connectivity index (χ2v) is 8.08. The van der Waals surface area contributed by atoms with Gasteiger partial charge in [0.1, 0.15) is 6.10 Å². The van der Waals surface area contributed by atoms with Crippen molar-refractivity contribution in [2.45, 2.75) is 70.4 Å². The van der Waals surface area contributed by atoms with E-state index >= 15 is 0 Å². The van der Waals surface area contributed by atoms with Gasteiger partial charge in [-0.2, -0.15) is 0 Å². The third kappa shape index (κ3) is 4.90. The number of carboxylic acids is 1. The van der Waals surface area contributed by atoms with Crippen LogP contribution in [0.2, 0.25) is 0 Å². The van der Waals surface area contributed by atoms with Crippen molar-refractivity contribution in [3.63, 3.8) is 0 Å². The van der Waals surface area contributed by atoms with Crippen LogP contribution in [0.4, 0.5) is 0 Å². The molecule has 29 heavy (non-hydrogen) atoms. The van der Waals surface area contributed by atoms with Crippen molar-refractivity contribution >= 4 is 5.97 Å². The molecule has 1 fully saturated rings. The maximum absolute atomic E-state index is 10.8. The van der Waals surface area contributed by atoms with Crippen LogP contribution in [0.15, 0.2) is 47.1 Å². The first-order chi connectivity index (χ1) is 13.9. The van der Waals surface area contributed by atoms with Gasteiger partial charge in [-0.15, -0.1) is 11.8 Å². The summed E-state index contributed by atoms with van der Waals surface area (Å²) in [6, 6.07) is 0. The summed E-state index contributed by atoms with van der Waals surface area (Å²) in [5.74, 6) is 4.90. The van der Waals surface area contributed by atoms with Crippen LogP contribution in [0.5, 0.6) is 0 Å². The fraction of sp³-hybridized carbons (Fsp3) is 0.542. The Morgan fingerprint density at radius 1 is 1.45 bits per heavy atom. The highest BCUT2D eigenvalue weighted by Crippen LogP contribution is 2.47. The summed E-state index contributed by atoms with van der Waals surface area (Å²) >= 11 is 0. The molecule has 0 aromatic heterocycles. The van der Waals surface area contributed by atoms with Crippen LogP contribution in [0.25, 0.3) is 0 Å². The fourth-order valence-electron chi connectivity index (χ4n) is 4.34. The molecule has 0 bridgehead atoms. The molecule has 0 spiro atoms. The summed E-state index contributed by atoms with van der Waals surface area (Å²) in [5.41, 5.74) is 3.26. The van der Waals surface area contributed by atoms with Gasteiger partial charge in [-0.1, -0.05) is 37.3 Å².